The summed E-state index contributed by atoms with van der Waals surface area (Å²) >= 11 is 3.38. The Labute approximate surface area is 110 Å². The molecule has 0 radical (unpaired) electrons. The van der Waals surface area contributed by atoms with E-state index in [1.807, 2.05) is 31.2 Å². The van der Waals surface area contributed by atoms with Crippen molar-refractivity contribution in [3.05, 3.63) is 34.3 Å². The van der Waals surface area contributed by atoms with Crippen LogP contribution in [0.1, 0.15) is 18.9 Å². The van der Waals surface area contributed by atoms with Gasteiger partial charge < -0.3 is 9.47 Å². The molecule has 1 unspecified atom stereocenters. The summed E-state index contributed by atoms with van der Waals surface area (Å²) in [6.07, 6.45) is 0.684. The van der Waals surface area contributed by atoms with Crippen LogP contribution in [0, 0.1) is 5.92 Å². The van der Waals surface area contributed by atoms with E-state index in [-0.39, 0.29) is 11.9 Å². The van der Waals surface area contributed by atoms with Gasteiger partial charge in [0.2, 0.25) is 0 Å². The van der Waals surface area contributed by atoms with Gasteiger partial charge >= 0.3 is 5.97 Å². The lowest BCUT2D eigenvalue weighted by atomic mass is 10.1. The Morgan fingerprint density at radius 1 is 1.35 bits per heavy atom. The van der Waals surface area contributed by atoms with E-state index >= 15 is 0 Å². The van der Waals surface area contributed by atoms with Crippen LogP contribution in [0.15, 0.2) is 28.7 Å². The number of hydrogen-bond acceptors (Lipinski definition) is 3. The number of ether oxygens (including phenoxy) is 2. The fraction of sp³-hybridized carbons (Fsp3) is 0.462. The maximum atomic E-state index is 11.1. The van der Waals surface area contributed by atoms with Gasteiger partial charge in [0, 0.05) is 11.1 Å². The molecule has 0 aliphatic rings. The molecule has 1 aromatic carbocycles. The summed E-state index contributed by atoms with van der Waals surface area (Å²) in [6, 6.07) is 7.98. The van der Waals surface area contributed by atoms with Gasteiger partial charge in [0.1, 0.15) is 0 Å². The third-order valence-corrected chi connectivity index (χ3v) is 3.01. The van der Waals surface area contributed by atoms with E-state index in [1.54, 1.807) is 0 Å². The smallest absolute Gasteiger partial charge is 0.308 e. The molecule has 0 spiro atoms. The first kappa shape index (κ1) is 14.2. The quantitative estimate of drug-likeness (QED) is 0.598. The lowest BCUT2D eigenvalue weighted by Gasteiger charge is -2.09. The van der Waals surface area contributed by atoms with Crippen molar-refractivity contribution < 1.29 is 14.3 Å². The Bertz CT molecular complexity index is 348. The number of esters is 1. The second-order valence-electron chi connectivity index (χ2n) is 3.89. The van der Waals surface area contributed by atoms with Crippen LogP contribution in [0.25, 0.3) is 0 Å². The van der Waals surface area contributed by atoms with E-state index in [1.165, 1.54) is 7.11 Å². The number of methoxy groups -OCH3 is 1. The van der Waals surface area contributed by atoms with Gasteiger partial charge in [-0.25, -0.2) is 0 Å². The third-order valence-electron chi connectivity index (χ3n) is 2.48. The van der Waals surface area contributed by atoms with Gasteiger partial charge in [0.25, 0.3) is 0 Å². The van der Waals surface area contributed by atoms with Crippen LogP contribution in [0.5, 0.6) is 0 Å². The maximum Gasteiger partial charge on any atom is 0.308 e. The molecule has 0 bridgehead atoms. The second kappa shape index (κ2) is 7.45. The number of halogens is 1. The van der Waals surface area contributed by atoms with Gasteiger partial charge in [-0.2, -0.15) is 0 Å². The molecule has 0 heterocycles. The highest BCUT2D eigenvalue weighted by atomic mass is 79.9. The zero-order valence-corrected chi connectivity index (χ0v) is 11.7. The Kier molecular flexibility index (Phi) is 6.22. The molecule has 4 heteroatoms. The van der Waals surface area contributed by atoms with E-state index in [4.69, 9.17) is 4.74 Å². The van der Waals surface area contributed by atoms with Crippen molar-refractivity contribution in [2.45, 2.75) is 20.0 Å². The van der Waals surface area contributed by atoms with Crippen LogP contribution >= 0.6 is 15.9 Å². The van der Waals surface area contributed by atoms with Gasteiger partial charge in [-0.1, -0.05) is 35.0 Å². The van der Waals surface area contributed by atoms with E-state index in [0.717, 1.165) is 10.0 Å². The molecule has 0 amide bonds. The zero-order chi connectivity index (χ0) is 12.7. The van der Waals surface area contributed by atoms with Crippen LogP contribution in [0.2, 0.25) is 0 Å². The summed E-state index contributed by atoms with van der Waals surface area (Å²) in [5.41, 5.74) is 1.12. The molecule has 3 nitrogen and oxygen atoms in total. The monoisotopic (exact) mass is 300 g/mol. The van der Waals surface area contributed by atoms with Gasteiger partial charge in [-0.3, -0.25) is 4.79 Å². The van der Waals surface area contributed by atoms with Crippen LogP contribution in [-0.2, 0) is 20.9 Å². The van der Waals surface area contributed by atoms with Crippen molar-refractivity contribution in [2.24, 2.45) is 5.92 Å². The molecule has 0 N–H and O–H groups in total. The molecule has 0 aromatic heterocycles. The average Bonchev–Trinajstić information content (AvgIpc) is 2.35. The topological polar surface area (TPSA) is 35.5 Å². The summed E-state index contributed by atoms with van der Waals surface area (Å²) < 4.78 is 11.2. The van der Waals surface area contributed by atoms with Crippen molar-refractivity contribution in [3.63, 3.8) is 0 Å². The standard InChI is InChI=1S/C13H17BrO3/c1-10(13(15)16-2)7-8-17-9-11-3-5-12(14)6-4-11/h3-6,10H,7-9H2,1-2H3. The van der Waals surface area contributed by atoms with Gasteiger partial charge in [0.15, 0.2) is 0 Å². The van der Waals surface area contributed by atoms with E-state index in [9.17, 15) is 4.79 Å². The van der Waals surface area contributed by atoms with E-state index < -0.39 is 0 Å². The molecular formula is C13H17BrO3. The van der Waals surface area contributed by atoms with Crippen molar-refractivity contribution in [1.82, 2.24) is 0 Å². The van der Waals surface area contributed by atoms with Crippen LogP contribution in [-0.4, -0.2) is 19.7 Å². The Morgan fingerprint density at radius 3 is 2.59 bits per heavy atom. The number of benzene rings is 1. The number of rotatable bonds is 6. The minimum atomic E-state index is -0.183. The van der Waals surface area contributed by atoms with Gasteiger partial charge in [-0.15, -0.1) is 0 Å². The SMILES string of the molecule is COC(=O)C(C)CCOCc1ccc(Br)cc1. The molecule has 0 aliphatic carbocycles. The normalized spacial score (nSPS) is 12.2. The molecule has 0 saturated carbocycles. The van der Waals surface area contributed by atoms with E-state index in [2.05, 4.69) is 20.7 Å². The summed E-state index contributed by atoms with van der Waals surface area (Å²) in [7, 11) is 1.40. The van der Waals surface area contributed by atoms with Crippen molar-refractivity contribution in [2.75, 3.05) is 13.7 Å². The predicted molar refractivity (Wildman–Crippen MR) is 69.6 cm³/mol. The fourth-order valence-electron chi connectivity index (χ4n) is 1.35. The molecule has 1 rings (SSSR count). The Balaban J connectivity index is 2.20. The van der Waals surface area contributed by atoms with E-state index in [0.29, 0.717) is 19.6 Å². The Hall–Kier alpha value is -0.870. The Morgan fingerprint density at radius 2 is 2.00 bits per heavy atom. The molecule has 1 atom stereocenters. The molecular weight excluding hydrogens is 284 g/mol. The number of carbonyl (C=O) groups excluding carboxylic acids is 1. The van der Waals surface area contributed by atoms with Crippen molar-refractivity contribution >= 4 is 21.9 Å². The van der Waals surface area contributed by atoms with Gasteiger partial charge in [-0.05, 0) is 24.1 Å². The number of carbonyl (C=O) groups is 1. The predicted octanol–water partition coefficient (Wildman–Crippen LogP) is 3.16. The lowest BCUT2D eigenvalue weighted by molar-refractivity contribution is -0.145. The highest BCUT2D eigenvalue weighted by molar-refractivity contribution is 9.10. The molecule has 0 aliphatic heterocycles. The summed E-state index contributed by atoms with van der Waals surface area (Å²) in [5, 5.41) is 0. The minimum Gasteiger partial charge on any atom is -0.469 e. The molecule has 17 heavy (non-hydrogen) atoms. The minimum absolute atomic E-state index is 0.107. The summed E-state index contributed by atoms with van der Waals surface area (Å²) in [6.45, 7) is 2.97. The number of hydrogen-bond donors (Lipinski definition) is 0. The second-order valence-corrected chi connectivity index (χ2v) is 4.81. The zero-order valence-electron chi connectivity index (χ0n) is 10.1. The average molecular weight is 301 g/mol. The van der Waals surface area contributed by atoms with Crippen LogP contribution in [0.3, 0.4) is 0 Å². The van der Waals surface area contributed by atoms with Gasteiger partial charge in [0.05, 0.1) is 19.6 Å². The highest BCUT2D eigenvalue weighted by Crippen LogP contribution is 2.11. The molecule has 1 aromatic rings. The van der Waals surface area contributed by atoms with Crippen molar-refractivity contribution in [3.8, 4) is 0 Å². The first-order valence-corrected chi connectivity index (χ1v) is 6.33. The third kappa shape index (κ3) is 5.33. The van der Waals surface area contributed by atoms with Crippen LogP contribution < -0.4 is 0 Å². The fourth-order valence-corrected chi connectivity index (χ4v) is 1.61. The summed E-state index contributed by atoms with van der Waals surface area (Å²) in [5.74, 6) is -0.290. The summed E-state index contributed by atoms with van der Waals surface area (Å²) in [4.78, 5) is 11.1. The molecule has 0 saturated heterocycles. The maximum absolute atomic E-state index is 11.1. The largest absolute Gasteiger partial charge is 0.469 e. The first-order valence-electron chi connectivity index (χ1n) is 5.53. The van der Waals surface area contributed by atoms with Crippen molar-refractivity contribution in [1.29, 1.82) is 0 Å². The first-order chi connectivity index (χ1) is 8.13. The molecule has 94 valence electrons. The lowest BCUT2D eigenvalue weighted by Crippen LogP contribution is -2.14. The molecule has 0 fully saturated rings. The van der Waals surface area contributed by atoms with Crippen LogP contribution in [0.4, 0.5) is 0 Å². The highest BCUT2D eigenvalue weighted by Gasteiger charge is 2.12.